The topological polar surface area (TPSA) is 29.3 Å². The first-order valence-electron chi connectivity index (χ1n) is 5.09. The molecule has 4 heteroatoms. The highest BCUT2D eigenvalue weighted by atomic mass is 35.5. The molecule has 0 unspecified atom stereocenters. The molecule has 0 amide bonds. The van der Waals surface area contributed by atoms with Crippen molar-refractivity contribution in [3.8, 4) is 0 Å². The van der Waals surface area contributed by atoms with E-state index in [1.807, 2.05) is 18.2 Å². The van der Waals surface area contributed by atoms with Gasteiger partial charge in [0, 0.05) is 18.8 Å². The van der Waals surface area contributed by atoms with E-state index in [-0.39, 0.29) is 0 Å². The molecule has 0 atom stereocenters. The van der Waals surface area contributed by atoms with Crippen LogP contribution in [0.3, 0.4) is 0 Å². The van der Waals surface area contributed by atoms with Gasteiger partial charge < -0.3 is 10.6 Å². The summed E-state index contributed by atoms with van der Waals surface area (Å²) in [4.78, 5) is 2.23. The van der Waals surface area contributed by atoms with Crippen LogP contribution in [0.2, 0.25) is 10.0 Å². The Balaban J connectivity index is 2.78. The zero-order chi connectivity index (χ0) is 11.3. The normalized spacial score (nSPS) is 10.4. The van der Waals surface area contributed by atoms with Gasteiger partial charge in [-0.3, -0.25) is 0 Å². The SMILES string of the molecule is CCN(CCCN)c1ccc(Cl)c(Cl)c1. The van der Waals surface area contributed by atoms with E-state index in [0.717, 1.165) is 25.2 Å². The standard InChI is InChI=1S/C11H16Cl2N2/c1-2-15(7-3-6-14)9-4-5-10(12)11(13)8-9/h4-5,8H,2-3,6-7,14H2,1H3. The Labute approximate surface area is 101 Å². The maximum Gasteiger partial charge on any atom is 0.0612 e. The summed E-state index contributed by atoms with van der Waals surface area (Å²) in [6.45, 7) is 4.71. The van der Waals surface area contributed by atoms with E-state index in [1.165, 1.54) is 0 Å². The minimum Gasteiger partial charge on any atom is -0.372 e. The van der Waals surface area contributed by atoms with Gasteiger partial charge in [0.1, 0.15) is 0 Å². The lowest BCUT2D eigenvalue weighted by Gasteiger charge is -2.23. The summed E-state index contributed by atoms with van der Waals surface area (Å²) in [5, 5.41) is 1.19. The van der Waals surface area contributed by atoms with E-state index in [0.29, 0.717) is 16.6 Å². The molecule has 1 aromatic rings. The third-order valence-corrected chi connectivity index (χ3v) is 3.02. The summed E-state index contributed by atoms with van der Waals surface area (Å²) in [6.07, 6.45) is 0.980. The number of rotatable bonds is 5. The zero-order valence-electron chi connectivity index (χ0n) is 8.84. The molecule has 0 heterocycles. The van der Waals surface area contributed by atoms with E-state index < -0.39 is 0 Å². The number of hydrogen-bond donors (Lipinski definition) is 1. The van der Waals surface area contributed by atoms with Gasteiger partial charge in [-0.05, 0) is 38.1 Å². The van der Waals surface area contributed by atoms with Crippen LogP contribution in [0.5, 0.6) is 0 Å². The number of benzene rings is 1. The molecule has 2 N–H and O–H groups in total. The summed E-state index contributed by atoms with van der Waals surface area (Å²) in [5.74, 6) is 0. The molecule has 0 fully saturated rings. The average molecular weight is 247 g/mol. The van der Waals surface area contributed by atoms with Crippen LogP contribution in [0.1, 0.15) is 13.3 Å². The Morgan fingerprint density at radius 3 is 2.53 bits per heavy atom. The first kappa shape index (κ1) is 12.6. The number of nitrogens with zero attached hydrogens (tertiary/aromatic N) is 1. The van der Waals surface area contributed by atoms with Crippen molar-refractivity contribution in [2.24, 2.45) is 5.73 Å². The Morgan fingerprint density at radius 2 is 2.00 bits per heavy atom. The number of hydrogen-bond acceptors (Lipinski definition) is 2. The molecule has 84 valence electrons. The molecule has 15 heavy (non-hydrogen) atoms. The maximum absolute atomic E-state index is 5.97. The van der Waals surface area contributed by atoms with Crippen LogP contribution >= 0.6 is 23.2 Å². The highest BCUT2D eigenvalue weighted by Crippen LogP contribution is 2.27. The van der Waals surface area contributed by atoms with Gasteiger partial charge in [0.2, 0.25) is 0 Å². The lowest BCUT2D eigenvalue weighted by atomic mass is 10.2. The van der Waals surface area contributed by atoms with Gasteiger partial charge in [-0.25, -0.2) is 0 Å². The van der Waals surface area contributed by atoms with Gasteiger partial charge in [0.05, 0.1) is 10.0 Å². The van der Waals surface area contributed by atoms with E-state index in [9.17, 15) is 0 Å². The second-order valence-corrected chi connectivity index (χ2v) is 4.13. The largest absolute Gasteiger partial charge is 0.372 e. The van der Waals surface area contributed by atoms with Crippen molar-refractivity contribution in [2.75, 3.05) is 24.5 Å². The van der Waals surface area contributed by atoms with Gasteiger partial charge >= 0.3 is 0 Å². The Kier molecular flexibility index (Phi) is 5.23. The highest BCUT2D eigenvalue weighted by molar-refractivity contribution is 6.42. The van der Waals surface area contributed by atoms with E-state index >= 15 is 0 Å². The van der Waals surface area contributed by atoms with Crippen LogP contribution < -0.4 is 10.6 Å². The highest BCUT2D eigenvalue weighted by Gasteiger charge is 2.05. The van der Waals surface area contributed by atoms with Crippen molar-refractivity contribution in [1.82, 2.24) is 0 Å². The molecule has 1 aromatic carbocycles. The zero-order valence-corrected chi connectivity index (χ0v) is 10.4. The summed E-state index contributed by atoms with van der Waals surface area (Å²) >= 11 is 11.8. The molecule has 0 saturated carbocycles. The Bertz CT molecular complexity index is 315. The molecular weight excluding hydrogens is 231 g/mol. The van der Waals surface area contributed by atoms with Gasteiger partial charge in [0.25, 0.3) is 0 Å². The summed E-state index contributed by atoms with van der Waals surface area (Å²) < 4.78 is 0. The van der Waals surface area contributed by atoms with E-state index in [1.54, 1.807) is 0 Å². The fourth-order valence-corrected chi connectivity index (χ4v) is 1.73. The molecule has 0 aliphatic carbocycles. The van der Waals surface area contributed by atoms with Crippen LogP contribution in [0.25, 0.3) is 0 Å². The number of halogens is 2. The lowest BCUT2D eigenvalue weighted by molar-refractivity contribution is 0.754. The molecule has 0 spiro atoms. The van der Waals surface area contributed by atoms with Crippen LogP contribution in [0.4, 0.5) is 5.69 Å². The van der Waals surface area contributed by atoms with E-state index in [2.05, 4.69) is 11.8 Å². The van der Waals surface area contributed by atoms with Gasteiger partial charge in [-0.2, -0.15) is 0 Å². The van der Waals surface area contributed by atoms with Crippen molar-refractivity contribution in [3.05, 3.63) is 28.2 Å². The quantitative estimate of drug-likeness (QED) is 0.865. The minimum atomic E-state index is 0.593. The lowest BCUT2D eigenvalue weighted by Crippen LogP contribution is -2.25. The molecule has 0 aromatic heterocycles. The summed E-state index contributed by atoms with van der Waals surface area (Å²) in [6, 6.07) is 5.70. The van der Waals surface area contributed by atoms with Gasteiger partial charge in [-0.15, -0.1) is 0 Å². The predicted molar refractivity (Wildman–Crippen MR) is 68.0 cm³/mol. The molecule has 0 aliphatic heterocycles. The smallest absolute Gasteiger partial charge is 0.0612 e. The molecule has 0 radical (unpaired) electrons. The predicted octanol–water partition coefficient (Wildman–Crippen LogP) is 3.17. The Morgan fingerprint density at radius 1 is 1.27 bits per heavy atom. The van der Waals surface area contributed by atoms with Crippen LogP contribution in [0, 0.1) is 0 Å². The van der Waals surface area contributed by atoms with Crippen molar-refractivity contribution in [2.45, 2.75) is 13.3 Å². The molecule has 1 rings (SSSR count). The van der Waals surface area contributed by atoms with E-state index in [4.69, 9.17) is 28.9 Å². The van der Waals surface area contributed by atoms with Crippen LogP contribution in [-0.2, 0) is 0 Å². The van der Waals surface area contributed by atoms with Gasteiger partial charge in [-0.1, -0.05) is 23.2 Å². The molecule has 0 bridgehead atoms. The van der Waals surface area contributed by atoms with Crippen molar-refractivity contribution < 1.29 is 0 Å². The molecular formula is C11H16Cl2N2. The van der Waals surface area contributed by atoms with Crippen molar-refractivity contribution in [3.63, 3.8) is 0 Å². The molecule has 2 nitrogen and oxygen atoms in total. The monoisotopic (exact) mass is 246 g/mol. The fourth-order valence-electron chi connectivity index (χ4n) is 1.43. The summed E-state index contributed by atoms with van der Waals surface area (Å²) in [7, 11) is 0. The molecule has 0 aliphatic rings. The third kappa shape index (κ3) is 3.56. The van der Waals surface area contributed by atoms with Crippen LogP contribution in [0.15, 0.2) is 18.2 Å². The number of nitrogens with two attached hydrogens (primary N) is 1. The third-order valence-electron chi connectivity index (χ3n) is 2.28. The average Bonchev–Trinajstić information content (AvgIpc) is 2.24. The fraction of sp³-hybridized carbons (Fsp3) is 0.455. The Hall–Kier alpha value is -0.440. The maximum atomic E-state index is 5.97. The minimum absolute atomic E-state index is 0.593. The second kappa shape index (κ2) is 6.21. The van der Waals surface area contributed by atoms with Crippen LogP contribution in [-0.4, -0.2) is 19.6 Å². The number of anilines is 1. The van der Waals surface area contributed by atoms with Crippen molar-refractivity contribution >= 4 is 28.9 Å². The first-order chi connectivity index (χ1) is 7.19. The van der Waals surface area contributed by atoms with Crippen molar-refractivity contribution in [1.29, 1.82) is 0 Å². The summed E-state index contributed by atoms with van der Waals surface area (Å²) in [5.41, 5.74) is 6.59. The molecule has 0 saturated heterocycles. The second-order valence-electron chi connectivity index (χ2n) is 3.32. The first-order valence-corrected chi connectivity index (χ1v) is 5.84. The van der Waals surface area contributed by atoms with Gasteiger partial charge in [0.15, 0.2) is 0 Å².